The van der Waals surface area contributed by atoms with Crippen LogP contribution in [0.3, 0.4) is 0 Å². The van der Waals surface area contributed by atoms with Crippen LogP contribution in [0, 0.1) is 0 Å². The minimum absolute atomic E-state index is 0.170. The Kier molecular flexibility index (Phi) is 3.44. The normalized spacial score (nSPS) is 10.7. The third-order valence-corrected chi connectivity index (χ3v) is 3.60. The van der Waals surface area contributed by atoms with Crippen molar-refractivity contribution in [2.45, 2.75) is 6.92 Å². The van der Waals surface area contributed by atoms with Gasteiger partial charge in [-0.1, -0.05) is 0 Å². The van der Waals surface area contributed by atoms with E-state index in [1.165, 1.54) is 17.6 Å². The summed E-state index contributed by atoms with van der Waals surface area (Å²) in [5, 5.41) is 9.21. The number of amides is 1. The third-order valence-electron chi connectivity index (χ3n) is 2.71. The first kappa shape index (κ1) is 13.4. The zero-order valence-electron chi connectivity index (χ0n) is 11.0. The SMILES string of the molecule is CCOC(=O)n1nc(NC(=O)c2ccco2)c2ccsc21. The van der Waals surface area contributed by atoms with Crippen LogP contribution in [0.4, 0.5) is 10.6 Å². The maximum atomic E-state index is 12.0. The summed E-state index contributed by atoms with van der Waals surface area (Å²) in [4.78, 5) is 24.4. The van der Waals surface area contributed by atoms with E-state index in [9.17, 15) is 9.59 Å². The molecule has 0 fully saturated rings. The molecule has 108 valence electrons. The van der Waals surface area contributed by atoms with Gasteiger partial charge in [-0.25, -0.2) is 4.79 Å². The highest BCUT2D eigenvalue weighted by Gasteiger charge is 2.20. The van der Waals surface area contributed by atoms with E-state index in [2.05, 4.69) is 10.4 Å². The number of fused-ring (bicyclic) bond motifs is 1. The summed E-state index contributed by atoms with van der Waals surface area (Å²) in [7, 11) is 0. The highest BCUT2D eigenvalue weighted by atomic mass is 32.1. The van der Waals surface area contributed by atoms with Crippen molar-refractivity contribution in [2.75, 3.05) is 11.9 Å². The van der Waals surface area contributed by atoms with Crippen LogP contribution in [0.2, 0.25) is 0 Å². The molecular weight excluding hydrogens is 294 g/mol. The molecule has 0 aliphatic carbocycles. The zero-order chi connectivity index (χ0) is 14.8. The molecule has 0 aliphatic rings. The van der Waals surface area contributed by atoms with E-state index in [1.54, 1.807) is 25.1 Å². The number of rotatable bonds is 3. The van der Waals surface area contributed by atoms with Crippen molar-refractivity contribution in [3.05, 3.63) is 35.6 Å². The van der Waals surface area contributed by atoms with Crippen LogP contribution < -0.4 is 5.32 Å². The number of nitrogens with zero attached hydrogens (tertiary/aromatic N) is 2. The van der Waals surface area contributed by atoms with Gasteiger partial charge < -0.3 is 14.5 Å². The average molecular weight is 305 g/mol. The summed E-state index contributed by atoms with van der Waals surface area (Å²) < 4.78 is 11.1. The molecule has 3 rings (SSSR count). The van der Waals surface area contributed by atoms with Gasteiger partial charge in [0.2, 0.25) is 0 Å². The number of hydrogen-bond donors (Lipinski definition) is 1. The van der Waals surface area contributed by atoms with Crippen molar-refractivity contribution in [1.82, 2.24) is 9.78 Å². The van der Waals surface area contributed by atoms with E-state index in [4.69, 9.17) is 9.15 Å². The summed E-state index contributed by atoms with van der Waals surface area (Å²) in [6.45, 7) is 1.96. The number of anilines is 1. The molecule has 0 saturated heterocycles. The third kappa shape index (κ3) is 2.40. The Morgan fingerprint density at radius 1 is 1.48 bits per heavy atom. The Labute approximate surface area is 123 Å². The van der Waals surface area contributed by atoms with Crippen molar-refractivity contribution < 1.29 is 18.7 Å². The van der Waals surface area contributed by atoms with Gasteiger partial charge in [-0.05, 0) is 30.5 Å². The first-order valence-electron chi connectivity index (χ1n) is 6.19. The van der Waals surface area contributed by atoms with E-state index >= 15 is 0 Å². The van der Waals surface area contributed by atoms with E-state index in [0.29, 0.717) is 16.0 Å². The Morgan fingerprint density at radius 3 is 3.05 bits per heavy atom. The lowest BCUT2D eigenvalue weighted by Gasteiger charge is -2.01. The predicted octanol–water partition coefficient (Wildman–Crippen LogP) is 2.95. The minimum atomic E-state index is -0.580. The van der Waals surface area contributed by atoms with E-state index in [1.807, 2.05) is 5.38 Å². The number of nitrogens with one attached hydrogen (secondary N) is 1. The lowest BCUT2D eigenvalue weighted by Crippen LogP contribution is -2.16. The molecule has 0 spiro atoms. The lowest BCUT2D eigenvalue weighted by atomic mass is 10.4. The van der Waals surface area contributed by atoms with Gasteiger partial charge in [-0.2, -0.15) is 4.68 Å². The van der Waals surface area contributed by atoms with Gasteiger partial charge in [-0.3, -0.25) is 4.79 Å². The number of ether oxygens (including phenoxy) is 1. The molecule has 0 radical (unpaired) electrons. The molecule has 3 heterocycles. The van der Waals surface area contributed by atoms with Crippen LogP contribution in [-0.4, -0.2) is 28.4 Å². The smallest absolute Gasteiger partial charge is 0.436 e. The molecule has 0 atom stereocenters. The molecule has 7 nitrogen and oxygen atoms in total. The molecule has 0 unspecified atom stereocenters. The van der Waals surface area contributed by atoms with Crippen molar-refractivity contribution in [3.63, 3.8) is 0 Å². The van der Waals surface area contributed by atoms with Gasteiger partial charge in [0.15, 0.2) is 11.6 Å². The summed E-state index contributed by atoms with van der Waals surface area (Å²) in [5.74, 6) is 0.0337. The second-order valence-electron chi connectivity index (χ2n) is 4.03. The monoisotopic (exact) mass is 305 g/mol. The largest absolute Gasteiger partial charge is 0.459 e. The Morgan fingerprint density at radius 2 is 2.33 bits per heavy atom. The molecule has 3 aromatic heterocycles. The Balaban J connectivity index is 1.94. The number of carbonyl (C=O) groups excluding carboxylic acids is 2. The summed E-state index contributed by atoms with van der Waals surface area (Å²) in [5.41, 5.74) is 0. The van der Waals surface area contributed by atoms with Crippen LogP contribution in [0.1, 0.15) is 17.5 Å². The Hall–Kier alpha value is -2.61. The molecule has 1 N–H and O–H groups in total. The average Bonchev–Trinajstić information content (AvgIpc) is 3.17. The second-order valence-corrected chi connectivity index (χ2v) is 4.92. The fourth-order valence-corrected chi connectivity index (χ4v) is 2.66. The maximum Gasteiger partial charge on any atom is 0.436 e. The summed E-state index contributed by atoms with van der Waals surface area (Å²) in [6.07, 6.45) is 0.829. The predicted molar refractivity (Wildman–Crippen MR) is 76.7 cm³/mol. The molecule has 0 bridgehead atoms. The summed E-state index contributed by atoms with van der Waals surface area (Å²) >= 11 is 1.34. The molecule has 0 aliphatic heterocycles. The van der Waals surface area contributed by atoms with Gasteiger partial charge in [-0.15, -0.1) is 16.4 Å². The number of hydrogen-bond acceptors (Lipinski definition) is 6. The molecule has 8 heteroatoms. The van der Waals surface area contributed by atoms with Crippen LogP contribution in [0.15, 0.2) is 34.3 Å². The highest BCUT2D eigenvalue weighted by Crippen LogP contribution is 2.28. The van der Waals surface area contributed by atoms with E-state index in [-0.39, 0.29) is 12.4 Å². The van der Waals surface area contributed by atoms with Crippen molar-refractivity contribution in [3.8, 4) is 0 Å². The van der Waals surface area contributed by atoms with Crippen LogP contribution in [-0.2, 0) is 4.74 Å². The van der Waals surface area contributed by atoms with E-state index < -0.39 is 12.0 Å². The molecule has 21 heavy (non-hydrogen) atoms. The summed E-state index contributed by atoms with van der Waals surface area (Å²) in [6, 6.07) is 4.94. The number of carbonyl (C=O) groups is 2. The van der Waals surface area contributed by atoms with Crippen molar-refractivity contribution in [1.29, 1.82) is 0 Å². The molecule has 0 aromatic carbocycles. The van der Waals surface area contributed by atoms with Crippen LogP contribution in [0.5, 0.6) is 0 Å². The molecule has 3 aromatic rings. The number of aromatic nitrogens is 2. The topological polar surface area (TPSA) is 86.4 Å². The molecule has 0 saturated carbocycles. The van der Waals surface area contributed by atoms with E-state index in [0.717, 1.165) is 4.68 Å². The lowest BCUT2D eigenvalue weighted by molar-refractivity contribution is 0.0996. The second kappa shape index (κ2) is 5.41. The standard InChI is InChI=1S/C13H11N3O4S/c1-2-19-13(18)16-12-8(5-7-21-12)10(15-16)14-11(17)9-4-3-6-20-9/h3-7H,2H2,1H3,(H,14,15,17). The minimum Gasteiger partial charge on any atom is -0.459 e. The molecule has 1 amide bonds. The maximum absolute atomic E-state index is 12.0. The van der Waals surface area contributed by atoms with Crippen molar-refractivity contribution >= 4 is 39.4 Å². The fraction of sp³-hybridized carbons (Fsp3) is 0.154. The van der Waals surface area contributed by atoms with Crippen LogP contribution >= 0.6 is 11.3 Å². The quantitative estimate of drug-likeness (QED) is 0.804. The molecular formula is C13H11N3O4S. The van der Waals surface area contributed by atoms with Gasteiger partial charge in [0.1, 0.15) is 4.83 Å². The van der Waals surface area contributed by atoms with Gasteiger partial charge >= 0.3 is 6.09 Å². The highest BCUT2D eigenvalue weighted by molar-refractivity contribution is 7.17. The van der Waals surface area contributed by atoms with Gasteiger partial charge in [0, 0.05) is 0 Å². The van der Waals surface area contributed by atoms with Gasteiger partial charge in [0.25, 0.3) is 5.91 Å². The zero-order valence-corrected chi connectivity index (χ0v) is 11.8. The van der Waals surface area contributed by atoms with Crippen molar-refractivity contribution in [2.24, 2.45) is 0 Å². The number of furan rings is 1. The first-order chi connectivity index (χ1) is 10.2. The number of thiophene rings is 1. The fourth-order valence-electron chi connectivity index (χ4n) is 1.82. The Bertz CT molecular complexity index is 788. The first-order valence-corrected chi connectivity index (χ1v) is 7.07. The van der Waals surface area contributed by atoms with Crippen LogP contribution in [0.25, 0.3) is 10.2 Å². The van der Waals surface area contributed by atoms with Gasteiger partial charge in [0.05, 0.1) is 18.3 Å².